The monoisotopic (exact) mass is 1340 g/mol. The van der Waals surface area contributed by atoms with Crippen LogP contribution >= 0.6 is 15.6 Å². The molecule has 0 heterocycles. The molecule has 0 aliphatic carbocycles. The number of ether oxygens (including phenoxy) is 4. The highest BCUT2D eigenvalue weighted by Crippen LogP contribution is 2.45. The van der Waals surface area contributed by atoms with Crippen molar-refractivity contribution >= 4 is 39.5 Å². The van der Waals surface area contributed by atoms with Crippen molar-refractivity contribution in [2.24, 2.45) is 17.8 Å². The predicted octanol–water partition coefficient (Wildman–Crippen LogP) is 20.6. The van der Waals surface area contributed by atoms with E-state index in [9.17, 15) is 43.2 Å². The molecule has 0 aromatic heterocycles. The quantitative estimate of drug-likeness (QED) is 0.0222. The zero-order valence-corrected chi connectivity index (χ0v) is 61.1. The van der Waals surface area contributed by atoms with Gasteiger partial charge in [-0.05, 0) is 43.4 Å². The number of unbranched alkanes of at least 4 members (excludes halogenated alkanes) is 37. The Hall–Kier alpha value is -1.94. The summed E-state index contributed by atoms with van der Waals surface area (Å²) in [5, 5.41) is 10.6. The largest absolute Gasteiger partial charge is 0.472 e. The van der Waals surface area contributed by atoms with Crippen LogP contribution in [-0.4, -0.2) is 96.7 Å². The Morgan fingerprint density at radius 1 is 0.319 bits per heavy atom. The van der Waals surface area contributed by atoms with Crippen molar-refractivity contribution < 1.29 is 80.2 Å². The second-order valence-corrected chi connectivity index (χ2v) is 30.1. The van der Waals surface area contributed by atoms with E-state index in [0.717, 1.165) is 102 Å². The predicted molar refractivity (Wildman–Crippen MR) is 368 cm³/mol. The van der Waals surface area contributed by atoms with Crippen LogP contribution in [0.25, 0.3) is 0 Å². The zero-order valence-electron chi connectivity index (χ0n) is 59.3. The van der Waals surface area contributed by atoms with E-state index in [1.54, 1.807) is 0 Å². The minimum Gasteiger partial charge on any atom is -0.462 e. The number of esters is 4. The lowest BCUT2D eigenvalue weighted by Gasteiger charge is -2.21. The third kappa shape index (κ3) is 65.1. The SMILES string of the molecule is CCCCCCCCCCCC(=O)OC[C@H](COP(=O)(O)OC[C@H](O)COP(=O)(O)OC[C@@H](COC(=O)CCCCCCCCCCCCCCC(C)C)OC(=O)CCCCCCCCCCCCCCCCC(C)CC)OC(=O)CCCCCCCCC(C)C. The summed E-state index contributed by atoms with van der Waals surface area (Å²) in [6.45, 7) is 11.8. The molecule has 0 aromatic carbocycles. The Labute approximate surface area is 556 Å². The van der Waals surface area contributed by atoms with Crippen LogP contribution in [0.2, 0.25) is 0 Å². The summed E-state index contributed by atoms with van der Waals surface area (Å²) in [6.07, 6.45) is 47.3. The van der Waals surface area contributed by atoms with E-state index < -0.39 is 97.5 Å². The first-order valence-electron chi connectivity index (χ1n) is 37.4. The van der Waals surface area contributed by atoms with Crippen molar-refractivity contribution in [2.75, 3.05) is 39.6 Å². The number of aliphatic hydroxyl groups excluding tert-OH is 1. The van der Waals surface area contributed by atoms with Gasteiger partial charge >= 0.3 is 39.5 Å². The van der Waals surface area contributed by atoms with Gasteiger partial charge in [-0.2, -0.15) is 0 Å². The van der Waals surface area contributed by atoms with Gasteiger partial charge in [-0.3, -0.25) is 37.3 Å². The number of hydrogen-bond donors (Lipinski definition) is 3. The van der Waals surface area contributed by atoms with Gasteiger partial charge in [0.05, 0.1) is 26.4 Å². The number of rotatable bonds is 70. The second-order valence-electron chi connectivity index (χ2n) is 27.2. The van der Waals surface area contributed by atoms with Gasteiger partial charge in [0.1, 0.15) is 19.3 Å². The van der Waals surface area contributed by atoms with E-state index in [4.69, 9.17) is 37.0 Å². The first-order chi connectivity index (χ1) is 43.8. The van der Waals surface area contributed by atoms with Crippen molar-refractivity contribution in [3.8, 4) is 0 Å². The third-order valence-corrected chi connectivity index (χ3v) is 18.9. The van der Waals surface area contributed by atoms with E-state index in [1.807, 2.05) is 0 Å². The van der Waals surface area contributed by atoms with Gasteiger partial charge in [0, 0.05) is 25.7 Å². The smallest absolute Gasteiger partial charge is 0.462 e. The second kappa shape index (κ2) is 62.8. The van der Waals surface area contributed by atoms with Gasteiger partial charge in [-0.25, -0.2) is 9.13 Å². The van der Waals surface area contributed by atoms with Gasteiger partial charge in [-0.1, -0.05) is 312 Å². The van der Waals surface area contributed by atoms with Crippen molar-refractivity contribution in [3.63, 3.8) is 0 Å². The van der Waals surface area contributed by atoms with Crippen LogP contribution in [0.4, 0.5) is 0 Å². The van der Waals surface area contributed by atoms with Crippen LogP contribution in [0.15, 0.2) is 0 Å². The topological polar surface area (TPSA) is 237 Å². The van der Waals surface area contributed by atoms with Crippen molar-refractivity contribution in [1.82, 2.24) is 0 Å². The van der Waals surface area contributed by atoms with E-state index in [-0.39, 0.29) is 25.7 Å². The summed E-state index contributed by atoms with van der Waals surface area (Å²) in [5.41, 5.74) is 0. The van der Waals surface area contributed by atoms with Gasteiger partial charge in [0.25, 0.3) is 0 Å². The van der Waals surface area contributed by atoms with Crippen LogP contribution in [0.1, 0.15) is 363 Å². The molecule has 6 atom stereocenters. The molecule has 540 valence electrons. The number of phosphoric ester groups is 2. The Kier molecular flexibility index (Phi) is 61.5. The van der Waals surface area contributed by atoms with Crippen molar-refractivity contribution in [2.45, 2.75) is 381 Å². The summed E-state index contributed by atoms with van der Waals surface area (Å²) in [6, 6.07) is 0. The number of phosphoric acid groups is 2. The van der Waals surface area contributed by atoms with Crippen molar-refractivity contribution in [3.05, 3.63) is 0 Å². The number of carbonyl (C=O) groups is 4. The lowest BCUT2D eigenvalue weighted by atomic mass is 9.99. The normalized spacial score (nSPS) is 14.5. The van der Waals surface area contributed by atoms with Crippen LogP contribution in [0.5, 0.6) is 0 Å². The molecule has 0 saturated heterocycles. The Bertz CT molecular complexity index is 1790. The zero-order chi connectivity index (χ0) is 67.3. The van der Waals surface area contributed by atoms with Crippen LogP contribution in [0.3, 0.4) is 0 Å². The molecule has 0 saturated carbocycles. The standard InChI is InChI=1S/C72H140O17P2/c1-8-10-11-12-13-24-31-39-46-53-69(74)82-60-68(89-72(77)56-49-42-35-34-37-44-51-64(5)6)62-87-91(80,81)85-58-66(73)57-84-90(78,79)86-61-67(59-83-70(75)54-47-40-32-27-22-19-18-20-25-29-36-43-50-63(3)4)88-71(76)55-48-41-33-28-23-17-15-14-16-21-26-30-38-45-52-65(7)9-2/h63-68,73H,8-62H2,1-7H3,(H,78,79)(H,80,81)/t65?,66-,67-,68-/m1/s1. The lowest BCUT2D eigenvalue weighted by Crippen LogP contribution is -2.30. The maximum atomic E-state index is 13.0. The summed E-state index contributed by atoms with van der Waals surface area (Å²) >= 11 is 0. The van der Waals surface area contributed by atoms with Gasteiger partial charge in [-0.15, -0.1) is 0 Å². The maximum absolute atomic E-state index is 13.0. The minimum absolute atomic E-state index is 0.102. The Balaban J connectivity index is 5.21. The summed E-state index contributed by atoms with van der Waals surface area (Å²) in [7, 11) is -9.90. The molecule has 0 aliphatic rings. The van der Waals surface area contributed by atoms with E-state index in [1.165, 1.54) is 173 Å². The molecule has 0 aromatic rings. The number of hydrogen-bond acceptors (Lipinski definition) is 15. The summed E-state index contributed by atoms with van der Waals surface area (Å²) in [4.78, 5) is 72.5. The highest BCUT2D eigenvalue weighted by atomic mass is 31.2. The molecule has 3 N–H and O–H groups in total. The van der Waals surface area contributed by atoms with Gasteiger partial charge < -0.3 is 33.8 Å². The highest BCUT2D eigenvalue weighted by Gasteiger charge is 2.30. The number of aliphatic hydroxyl groups is 1. The Morgan fingerprint density at radius 3 is 0.835 bits per heavy atom. The first-order valence-corrected chi connectivity index (χ1v) is 40.4. The molecule has 0 spiro atoms. The molecule has 91 heavy (non-hydrogen) atoms. The molecular formula is C72H140O17P2. The molecule has 0 aliphatic heterocycles. The molecule has 3 unspecified atom stereocenters. The average molecular weight is 1340 g/mol. The molecule has 0 bridgehead atoms. The van der Waals surface area contributed by atoms with Gasteiger partial charge in [0.15, 0.2) is 12.2 Å². The van der Waals surface area contributed by atoms with E-state index in [2.05, 4.69) is 48.5 Å². The lowest BCUT2D eigenvalue weighted by molar-refractivity contribution is -0.161. The van der Waals surface area contributed by atoms with Gasteiger partial charge in [0.2, 0.25) is 0 Å². The fraction of sp³-hybridized carbons (Fsp3) is 0.944. The molecule has 0 fully saturated rings. The molecule has 17 nitrogen and oxygen atoms in total. The van der Waals surface area contributed by atoms with Crippen LogP contribution < -0.4 is 0 Å². The molecule has 0 radical (unpaired) electrons. The fourth-order valence-corrected chi connectivity index (χ4v) is 12.4. The van der Waals surface area contributed by atoms with Crippen LogP contribution in [-0.2, 0) is 65.4 Å². The molecule has 0 rings (SSSR count). The van der Waals surface area contributed by atoms with Crippen molar-refractivity contribution in [1.29, 1.82) is 0 Å². The number of carbonyl (C=O) groups excluding carboxylic acids is 4. The maximum Gasteiger partial charge on any atom is 0.472 e. The van der Waals surface area contributed by atoms with E-state index in [0.29, 0.717) is 31.6 Å². The average Bonchev–Trinajstić information content (AvgIpc) is 2.84. The Morgan fingerprint density at radius 2 is 0.560 bits per heavy atom. The minimum atomic E-state index is -4.95. The van der Waals surface area contributed by atoms with Crippen LogP contribution in [0, 0.1) is 17.8 Å². The highest BCUT2D eigenvalue weighted by molar-refractivity contribution is 7.47. The summed E-state index contributed by atoms with van der Waals surface area (Å²) < 4.78 is 68.3. The summed E-state index contributed by atoms with van der Waals surface area (Å²) in [5.74, 6) is 0.169. The third-order valence-electron chi connectivity index (χ3n) is 17.0. The molecule has 0 amide bonds. The molecule has 19 heteroatoms. The fourth-order valence-electron chi connectivity index (χ4n) is 10.9. The first kappa shape index (κ1) is 89.1. The van der Waals surface area contributed by atoms with E-state index >= 15 is 0 Å². The molecular weight excluding hydrogens is 1200 g/mol.